The number of nitrogens with one attached hydrogen (secondary N) is 1. The first-order valence-electron chi connectivity index (χ1n) is 11.4. The second kappa shape index (κ2) is 15.7. The lowest BCUT2D eigenvalue weighted by Crippen LogP contribution is -2.44. The molecule has 0 spiro atoms. The lowest BCUT2D eigenvalue weighted by Gasteiger charge is -2.39. The van der Waals surface area contributed by atoms with Gasteiger partial charge in [0.25, 0.3) is 0 Å². The minimum Gasteiger partial charge on any atom is -0.316 e. The van der Waals surface area contributed by atoms with E-state index in [0.717, 1.165) is 32.6 Å². The summed E-state index contributed by atoms with van der Waals surface area (Å²) in [4.78, 5) is 2.49. The standard InChI is InChI=1S/C27H42N2.2ClH/c1-23(2)21-28-22-27(24(3)4,26-15-10-7-11-16-26)18-12-19-29(5)20-17-25-13-8-6-9-14-25;;/h6-11,13-16,23-24,28H,12,17-22H2,1-5H3;2*1H. The van der Waals surface area contributed by atoms with Crippen molar-refractivity contribution >= 4 is 24.8 Å². The van der Waals surface area contributed by atoms with Crippen molar-refractivity contribution in [3.05, 3.63) is 71.8 Å². The van der Waals surface area contributed by atoms with Gasteiger partial charge in [0.1, 0.15) is 0 Å². The van der Waals surface area contributed by atoms with Gasteiger partial charge in [-0.1, -0.05) is 88.4 Å². The van der Waals surface area contributed by atoms with E-state index in [9.17, 15) is 0 Å². The van der Waals surface area contributed by atoms with Crippen LogP contribution in [0.2, 0.25) is 0 Å². The molecular formula is C27H44Cl2N2. The highest BCUT2D eigenvalue weighted by atomic mass is 35.5. The van der Waals surface area contributed by atoms with Gasteiger partial charge < -0.3 is 10.2 Å². The zero-order valence-corrected chi connectivity index (χ0v) is 21.8. The molecule has 0 aliphatic carbocycles. The maximum atomic E-state index is 3.78. The van der Waals surface area contributed by atoms with Crippen molar-refractivity contribution in [3.63, 3.8) is 0 Å². The summed E-state index contributed by atoms with van der Waals surface area (Å²) in [5.74, 6) is 1.28. The Bertz CT molecular complexity index is 676. The van der Waals surface area contributed by atoms with Crippen LogP contribution in [0.4, 0.5) is 0 Å². The van der Waals surface area contributed by atoms with Crippen molar-refractivity contribution in [1.82, 2.24) is 10.2 Å². The third-order valence-electron chi connectivity index (χ3n) is 6.23. The lowest BCUT2D eigenvalue weighted by atomic mass is 9.68. The Morgan fingerprint density at radius 2 is 1.42 bits per heavy atom. The van der Waals surface area contributed by atoms with Crippen LogP contribution in [0.3, 0.4) is 0 Å². The highest BCUT2D eigenvalue weighted by molar-refractivity contribution is 5.85. The normalized spacial score (nSPS) is 13.0. The molecule has 31 heavy (non-hydrogen) atoms. The van der Waals surface area contributed by atoms with Gasteiger partial charge in [0.05, 0.1) is 0 Å². The average Bonchev–Trinajstić information content (AvgIpc) is 2.72. The van der Waals surface area contributed by atoms with E-state index >= 15 is 0 Å². The molecule has 0 bridgehead atoms. The van der Waals surface area contributed by atoms with E-state index in [2.05, 4.69) is 106 Å². The molecule has 1 atom stereocenters. The number of hydrogen-bond acceptors (Lipinski definition) is 2. The Morgan fingerprint density at radius 1 is 0.839 bits per heavy atom. The SMILES string of the molecule is CC(C)CNCC(CCCN(C)CCc1ccccc1)(c1ccccc1)C(C)C.Cl.Cl. The molecule has 0 aliphatic heterocycles. The van der Waals surface area contributed by atoms with Gasteiger partial charge in [0.2, 0.25) is 0 Å². The van der Waals surface area contributed by atoms with Gasteiger partial charge >= 0.3 is 0 Å². The van der Waals surface area contributed by atoms with Crippen molar-refractivity contribution in [2.75, 3.05) is 33.2 Å². The molecule has 0 saturated heterocycles. The highest BCUT2D eigenvalue weighted by Crippen LogP contribution is 2.36. The van der Waals surface area contributed by atoms with Crippen LogP contribution in [-0.2, 0) is 11.8 Å². The Labute approximate surface area is 204 Å². The second-order valence-corrected chi connectivity index (χ2v) is 9.34. The van der Waals surface area contributed by atoms with Crippen LogP contribution in [-0.4, -0.2) is 38.1 Å². The van der Waals surface area contributed by atoms with E-state index in [4.69, 9.17) is 0 Å². The quantitative estimate of drug-likeness (QED) is 0.356. The number of nitrogens with zero attached hydrogens (tertiary/aromatic N) is 1. The first-order valence-corrected chi connectivity index (χ1v) is 11.4. The minimum absolute atomic E-state index is 0. The van der Waals surface area contributed by atoms with E-state index in [1.807, 2.05) is 0 Å². The monoisotopic (exact) mass is 466 g/mol. The fourth-order valence-electron chi connectivity index (χ4n) is 4.26. The molecule has 2 rings (SSSR count). The van der Waals surface area contributed by atoms with E-state index < -0.39 is 0 Å². The summed E-state index contributed by atoms with van der Waals surface area (Å²) < 4.78 is 0. The Hall–Kier alpha value is -1.06. The van der Waals surface area contributed by atoms with Crippen LogP contribution in [0.5, 0.6) is 0 Å². The molecule has 0 aromatic heterocycles. The van der Waals surface area contributed by atoms with E-state index in [0.29, 0.717) is 11.8 Å². The van der Waals surface area contributed by atoms with Crippen molar-refractivity contribution in [1.29, 1.82) is 0 Å². The summed E-state index contributed by atoms with van der Waals surface area (Å²) in [5.41, 5.74) is 3.10. The first kappa shape index (κ1) is 29.9. The topological polar surface area (TPSA) is 15.3 Å². The number of benzene rings is 2. The predicted molar refractivity (Wildman–Crippen MR) is 142 cm³/mol. The largest absolute Gasteiger partial charge is 0.316 e. The maximum Gasteiger partial charge on any atom is 0.0101 e. The van der Waals surface area contributed by atoms with Crippen LogP contribution in [0.15, 0.2) is 60.7 Å². The van der Waals surface area contributed by atoms with Crippen LogP contribution in [0, 0.1) is 11.8 Å². The van der Waals surface area contributed by atoms with Gasteiger partial charge in [0, 0.05) is 18.5 Å². The summed E-state index contributed by atoms with van der Waals surface area (Å²) in [7, 11) is 2.26. The molecule has 2 aromatic rings. The van der Waals surface area contributed by atoms with Crippen molar-refractivity contribution in [2.45, 2.75) is 52.4 Å². The molecule has 176 valence electrons. The van der Waals surface area contributed by atoms with Crippen molar-refractivity contribution in [2.24, 2.45) is 11.8 Å². The van der Waals surface area contributed by atoms with E-state index in [1.54, 1.807) is 0 Å². The number of rotatable bonds is 13. The van der Waals surface area contributed by atoms with E-state index in [-0.39, 0.29) is 30.2 Å². The maximum absolute atomic E-state index is 3.78. The molecule has 0 radical (unpaired) electrons. The Kier molecular flexibility index (Phi) is 15.2. The Balaban J connectivity index is 0.00000450. The molecule has 0 amide bonds. The summed E-state index contributed by atoms with van der Waals surface area (Å²) in [6, 6.07) is 22.0. The van der Waals surface area contributed by atoms with Gasteiger partial charge in [-0.25, -0.2) is 0 Å². The average molecular weight is 468 g/mol. The Morgan fingerprint density at radius 3 is 1.97 bits per heavy atom. The smallest absolute Gasteiger partial charge is 0.0101 e. The minimum atomic E-state index is 0. The predicted octanol–water partition coefficient (Wildman–Crippen LogP) is 6.62. The lowest BCUT2D eigenvalue weighted by molar-refractivity contribution is 0.240. The van der Waals surface area contributed by atoms with Gasteiger partial charge in [-0.3, -0.25) is 0 Å². The number of hydrogen-bond donors (Lipinski definition) is 1. The first-order chi connectivity index (χ1) is 13.9. The molecule has 0 aliphatic rings. The van der Waals surface area contributed by atoms with Gasteiger partial charge in [0.15, 0.2) is 0 Å². The molecule has 0 fully saturated rings. The van der Waals surface area contributed by atoms with Gasteiger partial charge in [-0.05, 0) is 62.4 Å². The van der Waals surface area contributed by atoms with Crippen LogP contribution >= 0.6 is 24.8 Å². The molecule has 4 heteroatoms. The number of likely N-dealkylation sites (N-methyl/N-ethyl adjacent to an activating group) is 1. The zero-order valence-electron chi connectivity index (χ0n) is 20.1. The van der Waals surface area contributed by atoms with Gasteiger partial charge in [-0.2, -0.15) is 0 Å². The van der Waals surface area contributed by atoms with E-state index in [1.165, 1.54) is 24.0 Å². The zero-order chi connectivity index (χ0) is 21.1. The third-order valence-corrected chi connectivity index (χ3v) is 6.23. The molecule has 1 N–H and O–H groups in total. The molecular weight excluding hydrogens is 423 g/mol. The fraction of sp³-hybridized carbons (Fsp3) is 0.556. The molecule has 1 unspecified atom stereocenters. The summed E-state index contributed by atoms with van der Waals surface area (Å²) >= 11 is 0. The summed E-state index contributed by atoms with van der Waals surface area (Å²) in [5, 5.41) is 3.78. The molecule has 2 nitrogen and oxygen atoms in total. The van der Waals surface area contributed by atoms with Gasteiger partial charge in [-0.15, -0.1) is 24.8 Å². The number of halogens is 2. The second-order valence-electron chi connectivity index (χ2n) is 9.34. The molecule has 0 saturated carbocycles. The van der Waals surface area contributed by atoms with Crippen LogP contribution in [0.25, 0.3) is 0 Å². The third kappa shape index (κ3) is 9.95. The van der Waals surface area contributed by atoms with Crippen molar-refractivity contribution < 1.29 is 0 Å². The van der Waals surface area contributed by atoms with Crippen LogP contribution < -0.4 is 5.32 Å². The molecule has 2 aromatic carbocycles. The fourth-order valence-corrected chi connectivity index (χ4v) is 4.26. The summed E-state index contributed by atoms with van der Waals surface area (Å²) in [6.07, 6.45) is 3.57. The highest BCUT2D eigenvalue weighted by Gasteiger charge is 2.34. The van der Waals surface area contributed by atoms with Crippen LogP contribution in [0.1, 0.15) is 51.7 Å². The molecule has 0 heterocycles. The summed E-state index contributed by atoms with van der Waals surface area (Å²) in [6.45, 7) is 13.8. The van der Waals surface area contributed by atoms with Crippen molar-refractivity contribution in [3.8, 4) is 0 Å².